The number of likely N-dealkylation sites (tertiary alicyclic amines) is 2. The number of aryl methyl sites for hydroxylation is 2. The Kier molecular flexibility index (Phi) is 7.70. The Morgan fingerprint density at radius 3 is 2.51 bits per heavy atom. The highest BCUT2D eigenvalue weighted by Crippen LogP contribution is 2.34. The van der Waals surface area contributed by atoms with E-state index in [1.807, 2.05) is 32.0 Å². The molecule has 0 radical (unpaired) electrons. The number of hydrogen-bond donors (Lipinski definition) is 1. The maximum atomic E-state index is 13.3. The zero-order valence-corrected chi connectivity index (χ0v) is 23.6. The van der Waals surface area contributed by atoms with E-state index in [2.05, 4.69) is 38.6 Å². The number of ether oxygens (including phenoxy) is 1. The summed E-state index contributed by atoms with van der Waals surface area (Å²) >= 11 is 0. The quantitative estimate of drug-likeness (QED) is 0.444. The molecule has 1 aromatic heterocycles. The average Bonchev–Trinajstić information content (AvgIpc) is 2.89. The third-order valence-corrected chi connectivity index (χ3v) is 9.14. The number of rotatable bonds is 7. The molecule has 3 heterocycles. The smallest absolute Gasteiger partial charge is 0.264 e. The molecule has 2 aliphatic rings. The van der Waals surface area contributed by atoms with Crippen LogP contribution in [0.5, 0.6) is 5.88 Å². The molecule has 9 nitrogen and oxygen atoms in total. The summed E-state index contributed by atoms with van der Waals surface area (Å²) in [5, 5.41) is 0. The molecule has 0 spiro atoms. The maximum Gasteiger partial charge on any atom is 0.264 e. The van der Waals surface area contributed by atoms with Crippen LogP contribution in [-0.4, -0.2) is 80.3 Å². The Morgan fingerprint density at radius 2 is 1.77 bits per heavy atom. The molecular formula is C29H35N5O4S. The minimum Gasteiger partial charge on any atom is -0.472 e. The van der Waals surface area contributed by atoms with Gasteiger partial charge in [-0.1, -0.05) is 30.3 Å². The minimum atomic E-state index is -4.05. The number of fused-ring (bicyclic) bond motifs is 1. The number of nitrogens with one attached hydrogen (secondary N) is 1. The van der Waals surface area contributed by atoms with E-state index in [1.54, 1.807) is 12.1 Å². The highest BCUT2D eigenvalue weighted by atomic mass is 32.2. The van der Waals surface area contributed by atoms with Crippen molar-refractivity contribution >= 4 is 22.3 Å². The zero-order valence-electron chi connectivity index (χ0n) is 22.8. The number of anilines is 1. The molecule has 3 atom stereocenters. The van der Waals surface area contributed by atoms with Gasteiger partial charge < -0.3 is 14.5 Å². The van der Waals surface area contributed by atoms with Crippen LogP contribution in [0.15, 0.2) is 53.4 Å². The Hall–Kier alpha value is -3.34. The first-order valence-electron chi connectivity index (χ1n) is 13.2. The molecular weight excluding hydrogens is 514 g/mol. The Balaban J connectivity index is 1.54. The molecule has 0 saturated carbocycles. The lowest BCUT2D eigenvalue weighted by Crippen LogP contribution is -2.60. The lowest BCUT2D eigenvalue weighted by atomic mass is 9.82. The van der Waals surface area contributed by atoms with Gasteiger partial charge in [-0.25, -0.2) is 18.1 Å². The summed E-state index contributed by atoms with van der Waals surface area (Å²) < 4.78 is 35.6. The van der Waals surface area contributed by atoms with Gasteiger partial charge >= 0.3 is 0 Å². The minimum absolute atomic E-state index is 0.0439. The molecule has 39 heavy (non-hydrogen) atoms. The standard InChI is InChI=1S/C29H35N5O4S/c1-19-8-5-9-20(2)28(19)24-15-27(38-26-17-33(3)16-25-23(26)12-7-13-34(25)4)31-29(30-24)32-39(36,37)22-11-6-10-21(14-22)18-35/h5-6,8-11,14-15,18,23,25-26H,7,12-13,16-17H2,1-4H3,(H,30,31,32)/t23?,25?,26-/m1/s1. The number of hydrogen-bond acceptors (Lipinski definition) is 8. The normalized spacial score (nSPS) is 22.2. The number of piperidine rings is 2. The molecule has 206 valence electrons. The third kappa shape index (κ3) is 5.83. The second kappa shape index (κ2) is 11.0. The fraction of sp³-hybridized carbons (Fsp3) is 0.414. The molecule has 2 saturated heterocycles. The predicted molar refractivity (Wildman–Crippen MR) is 151 cm³/mol. The summed E-state index contributed by atoms with van der Waals surface area (Å²) in [6, 6.07) is 14.0. The van der Waals surface area contributed by atoms with Crippen molar-refractivity contribution in [3.05, 3.63) is 65.2 Å². The number of benzene rings is 2. The number of carbonyl (C=O) groups excluding carboxylic acids is 1. The number of carbonyl (C=O) groups is 1. The Bertz CT molecular complexity index is 1460. The van der Waals surface area contributed by atoms with Gasteiger partial charge in [-0.2, -0.15) is 4.98 Å². The molecule has 2 fully saturated rings. The van der Waals surface area contributed by atoms with Gasteiger partial charge in [0.05, 0.1) is 10.6 Å². The number of nitrogens with zero attached hydrogens (tertiary/aromatic N) is 4. The molecule has 3 aromatic rings. The van der Waals surface area contributed by atoms with Crippen molar-refractivity contribution in [3.8, 4) is 17.1 Å². The van der Waals surface area contributed by atoms with Crippen molar-refractivity contribution in [1.29, 1.82) is 0 Å². The van der Waals surface area contributed by atoms with Crippen molar-refractivity contribution in [3.63, 3.8) is 0 Å². The molecule has 0 bridgehead atoms. The summed E-state index contributed by atoms with van der Waals surface area (Å²) in [7, 11) is 0.217. The summed E-state index contributed by atoms with van der Waals surface area (Å²) in [4.78, 5) is 25.0. The summed E-state index contributed by atoms with van der Waals surface area (Å²) in [6.07, 6.45) is 2.71. The Morgan fingerprint density at radius 1 is 1.03 bits per heavy atom. The largest absolute Gasteiger partial charge is 0.472 e. The van der Waals surface area contributed by atoms with Gasteiger partial charge in [-0.15, -0.1) is 0 Å². The van der Waals surface area contributed by atoms with E-state index < -0.39 is 10.0 Å². The van der Waals surface area contributed by atoms with Crippen LogP contribution in [0.25, 0.3) is 11.3 Å². The highest BCUT2D eigenvalue weighted by Gasteiger charge is 2.41. The molecule has 2 aromatic carbocycles. The van der Waals surface area contributed by atoms with Crippen LogP contribution in [0.1, 0.15) is 34.3 Å². The van der Waals surface area contributed by atoms with Crippen LogP contribution in [-0.2, 0) is 10.0 Å². The van der Waals surface area contributed by atoms with E-state index in [0.717, 1.165) is 49.2 Å². The second-order valence-electron chi connectivity index (χ2n) is 10.7. The SMILES string of the molecule is Cc1cccc(C)c1-c1cc(O[C@@H]2CN(C)CC3C2CCCN3C)nc(NS(=O)(=O)c2cccc(C=O)c2)n1. The van der Waals surface area contributed by atoms with E-state index in [4.69, 9.17) is 4.74 Å². The summed E-state index contributed by atoms with van der Waals surface area (Å²) in [5.41, 5.74) is 3.78. The number of likely N-dealkylation sites (N-methyl/N-ethyl adjacent to an activating group) is 2. The second-order valence-corrected chi connectivity index (χ2v) is 12.4. The monoisotopic (exact) mass is 549 g/mol. The van der Waals surface area contributed by atoms with E-state index in [9.17, 15) is 13.2 Å². The fourth-order valence-corrected chi connectivity index (χ4v) is 6.90. The molecule has 0 aliphatic carbocycles. The van der Waals surface area contributed by atoms with Gasteiger partial charge in [0.15, 0.2) is 0 Å². The van der Waals surface area contributed by atoms with Gasteiger partial charge in [0, 0.05) is 42.2 Å². The maximum absolute atomic E-state index is 13.3. The summed E-state index contributed by atoms with van der Waals surface area (Å²) in [5.74, 6) is 0.599. The van der Waals surface area contributed by atoms with Crippen LogP contribution in [0.4, 0.5) is 5.95 Å². The molecule has 10 heteroatoms. The number of aromatic nitrogens is 2. The van der Waals surface area contributed by atoms with Crippen LogP contribution in [0.2, 0.25) is 0 Å². The van der Waals surface area contributed by atoms with Gasteiger partial charge in [0.2, 0.25) is 11.8 Å². The first-order chi connectivity index (χ1) is 18.6. The van der Waals surface area contributed by atoms with Crippen molar-refractivity contribution in [2.45, 2.75) is 43.7 Å². The van der Waals surface area contributed by atoms with Gasteiger partial charge in [-0.05, 0) is 70.6 Å². The lowest BCUT2D eigenvalue weighted by Gasteiger charge is -2.48. The van der Waals surface area contributed by atoms with E-state index in [0.29, 0.717) is 29.8 Å². The van der Waals surface area contributed by atoms with E-state index in [1.165, 1.54) is 18.2 Å². The van der Waals surface area contributed by atoms with E-state index >= 15 is 0 Å². The first kappa shape index (κ1) is 27.2. The van der Waals surface area contributed by atoms with Crippen LogP contribution < -0.4 is 9.46 Å². The molecule has 2 unspecified atom stereocenters. The van der Waals surface area contributed by atoms with Crippen molar-refractivity contribution in [2.24, 2.45) is 5.92 Å². The van der Waals surface area contributed by atoms with Gasteiger partial charge in [-0.3, -0.25) is 4.79 Å². The molecule has 5 rings (SSSR count). The average molecular weight is 550 g/mol. The highest BCUT2D eigenvalue weighted by molar-refractivity contribution is 7.92. The van der Waals surface area contributed by atoms with E-state index in [-0.39, 0.29) is 22.5 Å². The number of aldehydes is 1. The fourth-order valence-electron chi connectivity index (χ4n) is 5.90. The van der Waals surface area contributed by atoms with Crippen molar-refractivity contribution in [1.82, 2.24) is 19.8 Å². The van der Waals surface area contributed by atoms with Crippen LogP contribution in [0, 0.1) is 19.8 Å². The van der Waals surface area contributed by atoms with Gasteiger partial charge in [0.25, 0.3) is 10.0 Å². The van der Waals surface area contributed by atoms with Crippen molar-refractivity contribution in [2.75, 3.05) is 38.5 Å². The van der Waals surface area contributed by atoms with Gasteiger partial charge in [0.1, 0.15) is 12.4 Å². The summed E-state index contributed by atoms with van der Waals surface area (Å²) in [6.45, 7) is 6.82. The topological polar surface area (TPSA) is 105 Å². The van der Waals surface area contributed by atoms with Crippen molar-refractivity contribution < 1.29 is 17.9 Å². The zero-order chi connectivity index (χ0) is 27.7. The Labute approximate surface area is 230 Å². The van der Waals surface area contributed by atoms with Crippen LogP contribution >= 0.6 is 0 Å². The first-order valence-corrected chi connectivity index (χ1v) is 14.7. The lowest BCUT2D eigenvalue weighted by molar-refractivity contribution is -0.0352. The molecule has 1 N–H and O–H groups in total. The third-order valence-electron chi connectivity index (χ3n) is 7.82. The van der Waals surface area contributed by atoms with Crippen LogP contribution in [0.3, 0.4) is 0 Å². The predicted octanol–water partition coefficient (Wildman–Crippen LogP) is 3.78. The number of sulfonamides is 1. The molecule has 0 amide bonds. The molecule has 2 aliphatic heterocycles.